The maximum absolute atomic E-state index is 13.3. The zero-order valence-electron chi connectivity index (χ0n) is 8.71. The van der Waals surface area contributed by atoms with Gasteiger partial charge in [0.05, 0.1) is 13.2 Å². The Balaban J connectivity index is 1.54. The number of nitrogens with zero attached hydrogens (tertiary/aromatic N) is 1. The fourth-order valence-electron chi connectivity index (χ4n) is 3.11. The van der Waals surface area contributed by atoms with E-state index in [1.54, 1.807) is 0 Å². The van der Waals surface area contributed by atoms with E-state index in [-0.39, 0.29) is 5.92 Å². The fourth-order valence-corrected chi connectivity index (χ4v) is 3.11. The van der Waals surface area contributed by atoms with Crippen molar-refractivity contribution in [3.05, 3.63) is 0 Å². The summed E-state index contributed by atoms with van der Waals surface area (Å²) in [6.07, 6.45) is 1.25. The molecule has 0 amide bonds. The average molecular weight is 199 g/mol. The highest BCUT2D eigenvalue weighted by Crippen LogP contribution is 2.42. The summed E-state index contributed by atoms with van der Waals surface area (Å²) in [6, 6.07) is 0.520. The number of alkyl halides is 1. The van der Waals surface area contributed by atoms with Gasteiger partial charge in [0.15, 0.2) is 0 Å². The van der Waals surface area contributed by atoms with Crippen molar-refractivity contribution in [1.29, 1.82) is 0 Å². The van der Waals surface area contributed by atoms with E-state index in [0.717, 1.165) is 39.1 Å². The molecular formula is C11H18FNO. The van der Waals surface area contributed by atoms with E-state index in [9.17, 15) is 4.39 Å². The van der Waals surface area contributed by atoms with Gasteiger partial charge in [-0.15, -0.1) is 0 Å². The lowest BCUT2D eigenvalue weighted by Gasteiger charge is -2.57. The molecule has 3 atom stereocenters. The maximum Gasteiger partial charge on any atom is 0.104 e. The topological polar surface area (TPSA) is 12.5 Å². The van der Waals surface area contributed by atoms with Gasteiger partial charge in [-0.3, -0.25) is 4.90 Å². The van der Waals surface area contributed by atoms with Crippen LogP contribution in [0, 0.1) is 11.3 Å². The van der Waals surface area contributed by atoms with Crippen LogP contribution < -0.4 is 0 Å². The number of hydrogen-bond acceptors (Lipinski definition) is 2. The third kappa shape index (κ3) is 1.22. The lowest BCUT2D eigenvalue weighted by Crippen LogP contribution is -2.67. The lowest BCUT2D eigenvalue weighted by atomic mass is 9.77. The van der Waals surface area contributed by atoms with Crippen LogP contribution in [-0.2, 0) is 4.74 Å². The number of likely N-dealkylation sites (tertiary alicyclic amines) is 1. The van der Waals surface area contributed by atoms with Gasteiger partial charge in [0.1, 0.15) is 6.17 Å². The highest BCUT2D eigenvalue weighted by Gasteiger charge is 2.52. The quantitative estimate of drug-likeness (QED) is 0.634. The minimum Gasteiger partial charge on any atom is -0.380 e. The van der Waals surface area contributed by atoms with Gasteiger partial charge in [-0.25, -0.2) is 4.39 Å². The smallest absolute Gasteiger partial charge is 0.104 e. The van der Waals surface area contributed by atoms with E-state index in [1.807, 2.05) is 6.92 Å². The van der Waals surface area contributed by atoms with Crippen LogP contribution in [0.25, 0.3) is 0 Å². The first-order valence-corrected chi connectivity index (χ1v) is 5.64. The Morgan fingerprint density at radius 2 is 2.00 bits per heavy atom. The maximum atomic E-state index is 13.3. The molecule has 2 heterocycles. The molecule has 3 unspecified atom stereocenters. The second-order valence-electron chi connectivity index (χ2n) is 5.52. The zero-order chi connectivity index (χ0) is 9.76. The van der Waals surface area contributed by atoms with E-state index in [2.05, 4.69) is 4.90 Å². The highest BCUT2D eigenvalue weighted by molar-refractivity contribution is 5.03. The molecule has 3 aliphatic rings. The third-order valence-electron chi connectivity index (χ3n) is 4.17. The summed E-state index contributed by atoms with van der Waals surface area (Å²) >= 11 is 0. The molecule has 1 saturated carbocycles. The Morgan fingerprint density at radius 1 is 1.29 bits per heavy atom. The summed E-state index contributed by atoms with van der Waals surface area (Å²) in [5.74, 6) is 0.272. The van der Waals surface area contributed by atoms with Crippen LogP contribution >= 0.6 is 0 Å². The molecular weight excluding hydrogens is 181 g/mol. The SMILES string of the molecule is CC1CC(N2CC3(COC3)C2)CC1F. The second-order valence-corrected chi connectivity index (χ2v) is 5.52. The van der Waals surface area contributed by atoms with Crippen LogP contribution in [0.15, 0.2) is 0 Å². The summed E-state index contributed by atoms with van der Waals surface area (Å²) in [6.45, 7) is 6.20. The molecule has 2 saturated heterocycles. The molecule has 3 fully saturated rings. The summed E-state index contributed by atoms with van der Waals surface area (Å²) in [5, 5.41) is 0. The summed E-state index contributed by atoms with van der Waals surface area (Å²) in [5.41, 5.74) is 0.484. The second kappa shape index (κ2) is 2.92. The molecule has 1 aliphatic carbocycles. The van der Waals surface area contributed by atoms with E-state index in [1.165, 1.54) is 0 Å². The van der Waals surface area contributed by atoms with E-state index in [4.69, 9.17) is 4.74 Å². The monoisotopic (exact) mass is 199 g/mol. The Morgan fingerprint density at radius 3 is 2.43 bits per heavy atom. The van der Waals surface area contributed by atoms with Crippen molar-refractivity contribution in [2.45, 2.75) is 32.0 Å². The molecule has 3 heteroatoms. The van der Waals surface area contributed by atoms with E-state index < -0.39 is 6.17 Å². The predicted molar refractivity (Wildman–Crippen MR) is 51.9 cm³/mol. The standard InChI is InChI=1S/C11H18FNO/c1-8-2-9(3-10(8)12)13-4-11(5-13)6-14-7-11/h8-10H,2-7H2,1H3. The van der Waals surface area contributed by atoms with Gasteiger partial charge in [0, 0.05) is 24.5 Å². The molecule has 14 heavy (non-hydrogen) atoms. The number of halogens is 1. The van der Waals surface area contributed by atoms with Crippen molar-refractivity contribution in [2.24, 2.45) is 11.3 Å². The third-order valence-corrected chi connectivity index (χ3v) is 4.17. The Bertz CT molecular complexity index is 223. The first kappa shape index (κ1) is 9.10. The summed E-state index contributed by atoms with van der Waals surface area (Å²) < 4.78 is 18.6. The average Bonchev–Trinajstić information content (AvgIpc) is 2.26. The van der Waals surface area contributed by atoms with Crippen LogP contribution in [0.3, 0.4) is 0 Å². The first-order valence-electron chi connectivity index (χ1n) is 5.64. The van der Waals surface area contributed by atoms with Crippen molar-refractivity contribution in [3.63, 3.8) is 0 Å². The van der Waals surface area contributed by atoms with Crippen molar-refractivity contribution in [3.8, 4) is 0 Å². The van der Waals surface area contributed by atoms with Crippen LogP contribution in [0.4, 0.5) is 4.39 Å². The molecule has 2 aliphatic heterocycles. The van der Waals surface area contributed by atoms with Crippen LogP contribution in [0.2, 0.25) is 0 Å². The van der Waals surface area contributed by atoms with Crippen LogP contribution in [-0.4, -0.2) is 43.4 Å². The fraction of sp³-hybridized carbons (Fsp3) is 1.00. The van der Waals surface area contributed by atoms with Gasteiger partial charge < -0.3 is 4.74 Å². The van der Waals surface area contributed by atoms with Crippen molar-refractivity contribution >= 4 is 0 Å². The van der Waals surface area contributed by atoms with Gasteiger partial charge >= 0.3 is 0 Å². The molecule has 0 bridgehead atoms. The van der Waals surface area contributed by atoms with Crippen molar-refractivity contribution in [2.75, 3.05) is 26.3 Å². The summed E-state index contributed by atoms with van der Waals surface area (Å²) in [7, 11) is 0. The molecule has 1 spiro atoms. The zero-order valence-corrected chi connectivity index (χ0v) is 8.71. The van der Waals surface area contributed by atoms with Gasteiger partial charge in [0.25, 0.3) is 0 Å². The molecule has 3 rings (SSSR count). The molecule has 0 aromatic carbocycles. The van der Waals surface area contributed by atoms with Gasteiger partial charge in [0.2, 0.25) is 0 Å². The van der Waals surface area contributed by atoms with Crippen LogP contribution in [0.5, 0.6) is 0 Å². The first-order chi connectivity index (χ1) is 6.69. The molecule has 0 N–H and O–H groups in total. The molecule has 2 nitrogen and oxygen atoms in total. The van der Waals surface area contributed by atoms with Gasteiger partial charge in [-0.05, 0) is 18.8 Å². The lowest BCUT2D eigenvalue weighted by molar-refractivity contribution is -0.198. The van der Waals surface area contributed by atoms with Gasteiger partial charge in [-0.1, -0.05) is 6.92 Å². The van der Waals surface area contributed by atoms with Crippen LogP contribution in [0.1, 0.15) is 19.8 Å². The van der Waals surface area contributed by atoms with Gasteiger partial charge in [-0.2, -0.15) is 0 Å². The molecule has 0 aromatic rings. The van der Waals surface area contributed by atoms with E-state index >= 15 is 0 Å². The number of ether oxygens (including phenoxy) is 1. The largest absolute Gasteiger partial charge is 0.380 e. The minimum absolute atomic E-state index is 0.272. The summed E-state index contributed by atoms with van der Waals surface area (Å²) in [4.78, 5) is 2.46. The van der Waals surface area contributed by atoms with Crippen molar-refractivity contribution < 1.29 is 9.13 Å². The normalized spacial score (nSPS) is 46.3. The van der Waals surface area contributed by atoms with E-state index in [0.29, 0.717) is 11.5 Å². The number of rotatable bonds is 1. The Labute approximate surface area is 84.4 Å². The Hall–Kier alpha value is -0.150. The molecule has 80 valence electrons. The predicted octanol–water partition coefficient (Wildman–Crippen LogP) is 1.46. The van der Waals surface area contributed by atoms with Crippen molar-refractivity contribution in [1.82, 2.24) is 4.90 Å². The number of hydrogen-bond donors (Lipinski definition) is 0. The highest BCUT2D eigenvalue weighted by atomic mass is 19.1. The Kier molecular flexibility index (Phi) is 1.90. The minimum atomic E-state index is -0.561. The molecule has 0 radical (unpaired) electrons. The molecule has 0 aromatic heterocycles.